The number of aromatic nitrogens is 2. The minimum Gasteiger partial charge on any atom is -0.383 e. The Morgan fingerprint density at radius 2 is 2.11 bits per heavy atom. The van der Waals surface area contributed by atoms with Crippen LogP contribution in [-0.2, 0) is 14.8 Å². The van der Waals surface area contributed by atoms with E-state index in [-0.39, 0.29) is 29.9 Å². The van der Waals surface area contributed by atoms with Gasteiger partial charge in [0.25, 0.3) is 5.89 Å². The summed E-state index contributed by atoms with van der Waals surface area (Å²) in [4.78, 5) is 6.81. The molecule has 1 aromatic heterocycles. The summed E-state index contributed by atoms with van der Waals surface area (Å²) in [6, 6.07) is 6.41. The third kappa shape index (κ3) is 5.24. The molecule has 0 aliphatic carbocycles. The molecular formula is C16H24ClN5O4S. The topological polar surface area (TPSA) is 110 Å². The Hall–Kier alpha value is -1.56. The van der Waals surface area contributed by atoms with Crippen molar-refractivity contribution in [1.29, 1.82) is 0 Å². The minimum absolute atomic E-state index is 0. The molecule has 2 N–H and O–H groups in total. The molecule has 1 atom stereocenters. The van der Waals surface area contributed by atoms with Crippen LogP contribution in [0.3, 0.4) is 0 Å². The van der Waals surface area contributed by atoms with Crippen LogP contribution >= 0.6 is 12.4 Å². The van der Waals surface area contributed by atoms with Crippen LogP contribution in [0.2, 0.25) is 0 Å². The van der Waals surface area contributed by atoms with Crippen LogP contribution in [0.1, 0.15) is 11.9 Å². The number of methoxy groups -OCH3 is 1. The van der Waals surface area contributed by atoms with Crippen molar-refractivity contribution in [2.24, 2.45) is 0 Å². The summed E-state index contributed by atoms with van der Waals surface area (Å²) < 4.78 is 37.0. The van der Waals surface area contributed by atoms with Gasteiger partial charge in [-0.05, 0) is 31.3 Å². The van der Waals surface area contributed by atoms with Crippen LogP contribution in [0.4, 0.5) is 0 Å². The van der Waals surface area contributed by atoms with Gasteiger partial charge in [-0.3, -0.25) is 4.90 Å². The number of likely N-dealkylation sites (N-methyl/N-ethyl adjacent to an activating group) is 1. The monoisotopic (exact) mass is 417 g/mol. The fourth-order valence-electron chi connectivity index (χ4n) is 2.72. The molecule has 0 radical (unpaired) electrons. The molecule has 3 rings (SSSR count). The predicted octanol–water partition coefficient (Wildman–Crippen LogP) is 0.659. The number of hydrogen-bond donors (Lipinski definition) is 2. The van der Waals surface area contributed by atoms with Gasteiger partial charge in [0.05, 0.1) is 17.5 Å². The molecule has 9 nitrogen and oxygen atoms in total. The second-order valence-corrected chi connectivity index (χ2v) is 7.84. The Bertz CT molecular complexity index is 828. The number of halogens is 1. The smallest absolute Gasteiger partial charge is 0.257 e. The van der Waals surface area contributed by atoms with Gasteiger partial charge in [-0.15, -0.1) is 12.4 Å². The SMILES string of the molecule is COCCNS(=O)(=O)c1ccc(-c2nc(C3CNCCN3C)no2)cc1.Cl. The summed E-state index contributed by atoms with van der Waals surface area (Å²) in [7, 11) is -0.0199. The fraction of sp³-hybridized carbons (Fsp3) is 0.500. The summed E-state index contributed by atoms with van der Waals surface area (Å²) in [5.74, 6) is 0.989. The van der Waals surface area contributed by atoms with Gasteiger partial charge in [-0.25, -0.2) is 13.1 Å². The van der Waals surface area contributed by atoms with Crippen LogP contribution in [0.25, 0.3) is 11.5 Å². The first kappa shape index (κ1) is 21.7. The van der Waals surface area contributed by atoms with E-state index in [2.05, 4.69) is 25.1 Å². The lowest BCUT2D eigenvalue weighted by molar-refractivity contribution is 0.190. The molecule has 1 aromatic carbocycles. The van der Waals surface area contributed by atoms with Crippen molar-refractivity contribution in [2.75, 3.05) is 46.9 Å². The van der Waals surface area contributed by atoms with E-state index >= 15 is 0 Å². The van der Waals surface area contributed by atoms with E-state index in [9.17, 15) is 8.42 Å². The highest BCUT2D eigenvalue weighted by molar-refractivity contribution is 7.89. The number of nitrogens with zero attached hydrogens (tertiary/aromatic N) is 3. The zero-order valence-corrected chi connectivity index (χ0v) is 16.8. The summed E-state index contributed by atoms with van der Waals surface area (Å²) in [6.45, 7) is 3.14. The molecule has 0 amide bonds. The average molecular weight is 418 g/mol. The first-order chi connectivity index (χ1) is 12.5. The van der Waals surface area contributed by atoms with Gasteiger partial charge >= 0.3 is 0 Å². The predicted molar refractivity (Wildman–Crippen MR) is 102 cm³/mol. The van der Waals surface area contributed by atoms with E-state index in [1.807, 2.05) is 7.05 Å². The van der Waals surface area contributed by atoms with Gasteiger partial charge in [0.15, 0.2) is 5.82 Å². The number of ether oxygens (including phenoxy) is 1. The van der Waals surface area contributed by atoms with Crippen LogP contribution in [0.15, 0.2) is 33.7 Å². The van der Waals surface area contributed by atoms with Crippen LogP contribution < -0.4 is 10.0 Å². The summed E-state index contributed by atoms with van der Waals surface area (Å²) in [5.41, 5.74) is 0.672. The van der Waals surface area contributed by atoms with Crippen LogP contribution in [0, 0.1) is 0 Å². The van der Waals surface area contributed by atoms with Gasteiger partial charge in [0.2, 0.25) is 10.0 Å². The van der Waals surface area contributed by atoms with Crippen molar-refractivity contribution >= 4 is 22.4 Å². The molecule has 1 aliphatic rings. The second kappa shape index (κ2) is 9.58. The first-order valence-corrected chi connectivity index (χ1v) is 9.83. The van der Waals surface area contributed by atoms with Gasteiger partial charge in [0, 0.05) is 38.9 Å². The minimum atomic E-state index is -3.56. The second-order valence-electron chi connectivity index (χ2n) is 6.07. The standard InChI is InChI=1S/C16H23N5O4S.ClH/c1-21-9-7-17-11-14(21)15-19-16(25-20-15)12-3-5-13(6-4-12)26(22,23)18-8-10-24-2;/h3-6,14,17-18H,7-11H2,1-2H3;1H. The number of benzene rings is 1. The highest BCUT2D eigenvalue weighted by Gasteiger charge is 2.25. The van der Waals surface area contributed by atoms with Crippen molar-refractivity contribution in [2.45, 2.75) is 10.9 Å². The molecule has 1 aliphatic heterocycles. The van der Waals surface area contributed by atoms with Crippen molar-refractivity contribution in [3.8, 4) is 11.5 Å². The Balaban J connectivity index is 0.00000261. The van der Waals surface area contributed by atoms with E-state index in [1.165, 1.54) is 19.2 Å². The molecule has 2 heterocycles. The summed E-state index contributed by atoms with van der Waals surface area (Å²) in [5, 5.41) is 7.39. The molecule has 0 saturated carbocycles. The number of piperazine rings is 1. The van der Waals surface area contributed by atoms with Crippen molar-refractivity contribution in [3.05, 3.63) is 30.1 Å². The van der Waals surface area contributed by atoms with Gasteiger partial charge < -0.3 is 14.6 Å². The summed E-state index contributed by atoms with van der Waals surface area (Å²) in [6.07, 6.45) is 0. The molecule has 1 fully saturated rings. The van der Waals surface area contributed by atoms with Crippen molar-refractivity contribution in [3.63, 3.8) is 0 Å². The largest absolute Gasteiger partial charge is 0.383 e. The van der Waals surface area contributed by atoms with Crippen LogP contribution in [0.5, 0.6) is 0 Å². The normalized spacial score (nSPS) is 18.2. The molecule has 11 heteroatoms. The zero-order chi connectivity index (χ0) is 18.6. The molecule has 0 spiro atoms. The molecular weight excluding hydrogens is 394 g/mol. The number of nitrogens with one attached hydrogen (secondary N) is 2. The van der Waals surface area contributed by atoms with E-state index in [4.69, 9.17) is 9.26 Å². The lowest BCUT2D eigenvalue weighted by Crippen LogP contribution is -2.44. The van der Waals surface area contributed by atoms with E-state index in [0.29, 0.717) is 23.9 Å². The number of sulfonamides is 1. The molecule has 150 valence electrons. The highest BCUT2D eigenvalue weighted by atomic mass is 35.5. The molecule has 2 aromatic rings. The van der Waals surface area contributed by atoms with Gasteiger partial charge in [-0.2, -0.15) is 4.98 Å². The maximum atomic E-state index is 12.2. The molecule has 0 bridgehead atoms. The Kier molecular flexibility index (Phi) is 7.71. The Labute approximate surface area is 164 Å². The lowest BCUT2D eigenvalue weighted by atomic mass is 10.2. The number of hydrogen-bond acceptors (Lipinski definition) is 8. The fourth-order valence-corrected chi connectivity index (χ4v) is 3.73. The quantitative estimate of drug-likeness (QED) is 0.632. The third-order valence-electron chi connectivity index (χ3n) is 4.26. The van der Waals surface area contributed by atoms with Gasteiger partial charge in [-0.1, -0.05) is 5.16 Å². The van der Waals surface area contributed by atoms with E-state index in [1.54, 1.807) is 12.1 Å². The van der Waals surface area contributed by atoms with Crippen molar-refractivity contribution < 1.29 is 17.7 Å². The lowest BCUT2D eigenvalue weighted by Gasteiger charge is -2.30. The Morgan fingerprint density at radius 3 is 2.78 bits per heavy atom. The first-order valence-electron chi connectivity index (χ1n) is 8.35. The van der Waals surface area contributed by atoms with Crippen molar-refractivity contribution in [1.82, 2.24) is 25.1 Å². The number of rotatable bonds is 7. The third-order valence-corrected chi connectivity index (χ3v) is 5.74. The van der Waals surface area contributed by atoms with E-state index < -0.39 is 10.0 Å². The molecule has 1 unspecified atom stereocenters. The Morgan fingerprint density at radius 1 is 1.37 bits per heavy atom. The van der Waals surface area contributed by atoms with Gasteiger partial charge in [0.1, 0.15) is 0 Å². The highest BCUT2D eigenvalue weighted by Crippen LogP contribution is 2.23. The zero-order valence-electron chi connectivity index (χ0n) is 15.2. The maximum Gasteiger partial charge on any atom is 0.257 e. The molecule has 1 saturated heterocycles. The maximum absolute atomic E-state index is 12.2. The average Bonchev–Trinajstić information content (AvgIpc) is 3.12. The molecule has 27 heavy (non-hydrogen) atoms. The summed E-state index contributed by atoms with van der Waals surface area (Å²) >= 11 is 0. The van der Waals surface area contributed by atoms with E-state index in [0.717, 1.165) is 19.6 Å². The van der Waals surface area contributed by atoms with Crippen LogP contribution in [-0.4, -0.2) is 70.4 Å².